The van der Waals surface area contributed by atoms with Gasteiger partial charge in [0.2, 0.25) is 5.91 Å². The first kappa shape index (κ1) is 42.9. The first-order valence-corrected chi connectivity index (χ1v) is 24.7. The number of carbonyl (C=O) groups excluding carboxylic acids is 3. The lowest BCUT2D eigenvalue weighted by Crippen LogP contribution is -2.74. The third-order valence-electron chi connectivity index (χ3n) is 16.4. The van der Waals surface area contributed by atoms with Gasteiger partial charge in [-0.05, 0) is 106 Å². The molecule has 0 radical (unpaired) electrons. The number of ether oxygens (including phenoxy) is 2. The molecule has 8 bridgehead atoms. The minimum absolute atomic E-state index is 0.0169. The quantitative estimate of drug-likeness (QED) is 0.174. The molecule has 342 valence electrons. The van der Waals surface area contributed by atoms with Crippen molar-refractivity contribution in [1.82, 2.24) is 40.5 Å². The zero-order valence-electron chi connectivity index (χ0n) is 38.3. The zero-order chi connectivity index (χ0) is 45.1. The Kier molecular flexibility index (Phi) is 10.5. The van der Waals surface area contributed by atoms with Crippen molar-refractivity contribution in [3.63, 3.8) is 0 Å². The van der Waals surface area contributed by atoms with E-state index in [0.29, 0.717) is 19.3 Å². The number of carbonyl (C=O) groups is 3. The summed E-state index contributed by atoms with van der Waals surface area (Å²) in [6, 6.07) is 11.0. The highest BCUT2D eigenvalue weighted by Gasteiger charge is 2.57. The number of methoxy groups -OCH3 is 1. The monoisotopic (exact) mass is 899 g/mol. The van der Waals surface area contributed by atoms with Crippen molar-refractivity contribution in [2.24, 2.45) is 35.0 Å². The molecule has 1 aromatic carbocycles. The normalized spacial score (nSPS) is 33.0. The minimum atomic E-state index is -0.937. The summed E-state index contributed by atoms with van der Waals surface area (Å²) in [7, 11) is 1.70. The van der Waals surface area contributed by atoms with E-state index in [0.717, 1.165) is 95.0 Å². The second kappa shape index (κ2) is 16.0. The lowest BCUT2D eigenvalue weighted by Gasteiger charge is -2.55. The number of aromatic nitrogens is 3. The highest BCUT2D eigenvalue weighted by molar-refractivity contribution is 7.10. The Morgan fingerprint density at radius 1 is 1.11 bits per heavy atom. The number of benzene rings is 1. The lowest BCUT2D eigenvalue weighted by molar-refractivity contribution is -0.172. The standard InChI is InChI=1S/C50H61N9O5S/c1-26-27(2)39(26)45(60)55-42-44(57-23-50(24-57)12-8-14-53-50)46-54-37(22-65-46)30-10-11-38-35(19-30)36(20-49(4,5)25-64-48(62)41-31-17-33(18-31)59(56-41)47(42)61)43(58(38)32-15-29(16-32)21-51)34-9-7-13-52-40(34)28(3)63-6/h7,9-11,13,19,22,26-29,31-33,39,41-42,44,53,56H,8,12,14-18,20,23-25H2,1-6H3,(H,55,60)/t26-,27+,28-,29?,31?,32?,33?,39?,41-,42-,44-/m0/s1. The average molecular weight is 900 g/mol. The summed E-state index contributed by atoms with van der Waals surface area (Å²) in [6.07, 6.45) is 7.15. The predicted octanol–water partition coefficient (Wildman–Crippen LogP) is 6.49. The van der Waals surface area contributed by atoms with Gasteiger partial charge in [0.25, 0.3) is 5.91 Å². The number of hydrogen-bond acceptors (Lipinski definition) is 12. The maximum absolute atomic E-state index is 15.3. The molecule has 3 saturated carbocycles. The van der Waals surface area contributed by atoms with E-state index in [2.05, 4.69) is 88.9 Å². The van der Waals surface area contributed by atoms with Gasteiger partial charge in [-0.25, -0.2) is 10.4 Å². The molecule has 3 aliphatic carbocycles. The summed E-state index contributed by atoms with van der Waals surface area (Å²) in [6.45, 7) is 13.1. The summed E-state index contributed by atoms with van der Waals surface area (Å²) in [5.74, 6) is -0.396. The average Bonchev–Trinajstić information content (AvgIpc) is 3.74. The molecule has 65 heavy (non-hydrogen) atoms. The molecular weight excluding hydrogens is 839 g/mol. The van der Waals surface area contributed by atoms with Crippen LogP contribution >= 0.6 is 11.3 Å². The van der Waals surface area contributed by atoms with Crippen LogP contribution in [-0.2, 0) is 30.3 Å². The van der Waals surface area contributed by atoms with Crippen LogP contribution in [0.1, 0.15) is 108 Å². The number of pyridine rings is 1. The van der Waals surface area contributed by atoms with E-state index < -0.39 is 23.5 Å². The summed E-state index contributed by atoms with van der Waals surface area (Å²) in [5, 5.41) is 22.6. The number of hydrazine groups is 1. The van der Waals surface area contributed by atoms with Crippen LogP contribution in [0.2, 0.25) is 0 Å². The van der Waals surface area contributed by atoms with Gasteiger partial charge in [0.15, 0.2) is 0 Å². The first-order valence-electron chi connectivity index (χ1n) is 23.8. The predicted molar refractivity (Wildman–Crippen MR) is 246 cm³/mol. The van der Waals surface area contributed by atoms with Gasteiger partial charge in [0, 0.05) is 82.8 Å². The van der Waals surface area contributed by atoms with E-state index in [1.165, 1.54) is 11.3 Å². The van der Waals surface area contributed by atoms with Gasteiger partial charge in [0.1, 0.15) is 17.1 Å². The van der Waals surface area contributed by atoms with Gasteiger partial charge in [-0.2, -0.15) is 5.26 Å². The molecule has 2 amide bonds. The van der Waals surface area contributed by atoms with Crippen molar-refractivity contribution in [2.45, 2.75) is 121 Å². The second-order valence-corrected chi connectivity index (χ2v) is 22.2. The number of thiazole rings is 1. The van der Waals surface area contributed by atoms with Gasteiger partial charge < -0.3 is 24.7 Å². The van der Waals surface area contributed by atoms with Crippen LogP contribution in [-0.4, -0.2) is 99.2 Å². The zero-order valence-corrected chi connectivity index (χ0v) is 39.1. The van der Waals surface area contributed by atoms with E-state index >= 15 is 4.79 Å². The second-order valence-electron chi connectivity index (χ2n) is 21.3. The molecule has 14 nitrogen and oxygen atoms in total. The van der Waals surface area contributed by atoms with Crippen molar-refractivity contribution < 1.29 is 23.9 Å². The van der Waals surface area contributed by atoms with Crippen molar-refractivity contribution in [3.05, 3.63) is 58.2 Å². The van der Waals surface area contributed by atoms with Crippen LogP contribution in [0.25, 0.3) is 33.4 Å². The molecule has 4 aromatic rings. The summed E-state index contributed by atoms with van der Waals surface area (Å²) < 4.78 is 14.7. The molecule has 1 unspecified atom stereocenters. The maximum atomic E-state index is 15.3. The van der Waals surface area contributed by atoms with Crippen LogP contribution in [0.3, 0.4) is 0 Å². The Hall–Kier alpha value is -4.72. The van der Waals surface area contributed by atoms with Gasteiger partial charge in [-0.1, -0.05) is 33.8 Å². The van der Waals surface area contributed by atoms with Gasteiger partial charge in [-0.3, -0.25) is 29.3 Å². The topological polar surface area (TPSA) is 167 Å². The Morgan fingerprint density at radius 3 is 2.60 bits per heavy atom. The van der Waals surface area contributed by atoms with Crippen molar-refractivity contribution >= 4 is 40.0 Å². The van der Waals surface area contributed by atoms with Gasteiger partial charge >= 0.3 is 5.97 Å². The van der Waals surface area contributed by atoms with E-state index in [1.54, 1.807) is 12.1 Å². The van der Waals surface area contributed by atoms with Crippen LogP contribution in [0.4, 0.5) is 0 Å². The number of rotatable bonds is 7. The number of likely N-dealkylation sites (tertiary alicyclic amines) is 1. The molecule has 4 saturated heterocycles. The highest BCUT2D eigenvalue weighted by Crippen LogP contribution is 2.50. The number of cyclic esters (lactones) is 1. The molecule has 8 aliphatic rings. The molecule has 8 heterocycles. The van der Waals surface area contributed by atoms with Crippen molar-refractivity contribution in [2.75, 3.05) is 33.4 Å². The number of hydrogen-bond donors (Lipinski definition) is 3. The lowest BCUT2D eigenvalue weighted by atomic mass is 9.73. The van der Waals surface area contributed by atoms with E-state index in [1.807, 2.05) is 19.2 Å². The van der Waals surface area contributed by atoms with Crippen LogP contribution in [0.15, 0.2) is 41.9 Å². The Bertz CT molecular complexity index is 2580. The Labute approximate surface area is 384 Å². The van der Waals surface area contributed by atoms with Crippen molar-refractivity contribution in [3.8, 4) is 28.6 Å². The fraction of sp³-hybridized carbons (Fsp3) is 0.600. The highest BCUT2D eigenvalue weighted by atomic mass is 32.1. The smallest absolute Gasteiger partial charge is 0.325 e. The first-order chi connectivity index (χ1) is 31.3. The van der Waals surface area contributed by atoms with Gasteiger partial charge in [0.05, 0.1) is 47.8 Å². The third kappa shape index (κ3) is 7.21. The van der Waals surface area contributed by atoms with Crippen LogP contribution in [0.5, 0.6) is 0 Å². The number of nitrogens with zero attached hydrogens (tertiary/aromatic N) is 6. The maximum Gasteiger partial charge on any atom is 0.325 e. The molecule has 3 aromatic heterocycles. The molecule has 12 rings (SSSR count). The summed E-state index contributed by atoms with van der Waals surface area (Å²) in [4.78, 5) is 56.5. The minimum Gasteiger partial charge on any atom is -0.464 e. The number of nitriles is 1. The molecule has 7 atom stereocenters. The summed E-state index contributed by atoms with van der Waals surface area (Å²) >= 11 is 1.54. The van der Waals surface area contributed by atoms with E-state index in [9.17, 15) is 14.9 Å². The van der Waals surface area contributed by atoms with Gasteiger partial charge in [-0.15, -0.1) is 11.3 Å². The van der Waals surface area contributed by atoms with E-state index in [4.69, 9.17) is 19.4 Å². The molecular formula is C50H61N9O5S. The summed E-state index contributed by atoms with van der Waals surface area (Å²) in [5.41, 5.74) is 9.63. The fourth-order valence-corrected chi connectivity index (χ4v) is 13.1. The van der Waals surface area contributed by atoms with Crippen LogP contribution < -0.4 is 16.1 Å². The number of esters is 1. The molecule has 1 spiro atoms. The Balaban J connectivity index is 1.08. The molecule has 5 aliphatic heterocycles. The fourth-order valence-electron chi connectivity index (χ4n) is 12.1. The number of amides is 2. The van der Waals surface area contributed by atoms with E-state index in [-0.39, 0.29) is 77.7 Å². The van der Waals surface area contributed by atoms with Crippen molar-refractivity contribution in [1.29, 1.82) is 5.26 Å². The molecule has 15 heteroatoms. The number of nitrogens with one attached hydrogen (secondary N) is 3. The Morgan fingerprint density at radius 2 is 1.89 bits per heavy atom. The third-order valence-corrected chi connectivity index (χ3v) is 17.3. The molecule has 7 fully saturated rings. The largest absolute Gasteiger partial charge is 0.464 e. The number of fused-ring (bicyclic) bond motifs is 4. The van der Waals surface area contributed by atoms with Crippen LogP contribution in [0, 0.1) is 46.3 Å². The molecule has 3 N–H and O–H groups in total. The SMILES string of the molecule is CO[C@@H](C)c1ncccc1-c1c2c3cc(ccc3n1C1CC(C#N)C1)-c1csc(n1)[C@@H](N1CC3(CCCN3)C1)[C@H](NC(=O)C1[C@@H](C)[C@H]1C)C(=O)N1N[C@H](C(=O)OCC(C)(C)C2)C2CC1C2.